The molecule has 0 saturated heterocycles. The molecule has 1 aromatic carbocycles. The number of aliphatic hydroxyl groups is 1. The van der Waals surface area contributed by atoms with E-state index < -0.39 is 0 Å². The van der Waals surface area contributed by atoms with Gasteiger partial charge in [0.2, 0.25) is 0 Å². The van der Waals surface area contributed by atoms with Gasteiger partial charge in [0.25, 0.3) is 0 Å². The number of fused-ring (bicyclic) bond motifs is 5. The fourth-order valence-electron chi connectivity index (χ4n) is 4.93. The van der Waals surface area contributed by atoms with Gasteiger partial charge in [-0.3, -0.25) is 0 Å². The lowest BCUT2D eigenvalue weighted by Gasteiger charge is -2.46. The van der Waals surface area contributed by atoms with Crippen molar-refractivity contribution < 1.29 is 10.2 Å². The van der Waals surface area contributed by atoms with Crippen LogP contribution < -0.4 is 0 Å². The Morgan fingerprint density at radius 3 is 2.90 bits per heavy atom. The van der Waals surface area contributed by atoms with E-state index in [4.69, 9.17) is 0 Å². The van der Waals surface area contributed by atoms with E-state index in [0.29, 0.717) is 17.6 Å². The first-order valence-corrected chi connectivity index (χ1v) is 7.79. The zero-order valence-electron chi connectivity index (χ0n) is 12.0. The van der Waals surface area contributed by atoms with Gasteiger partial charge in [-0.1, -0.05) is 24.6 Å². The van der Waals surface area contributed by atoms with Crippen LogP contribution in [0.3, 0.4) is 0 Å². The van der Waals surface area contributed by atoms with Crippen LogP contribution in [-0.2, 0) is 6.42 Å². The highest BCUT2D eigenvalue weighted by Gasteiger charge is 2.51. The minimum absolute atomic E-state index is 0.0940. The number of aromatic hydroxyl groups is 1. The zero-order valence-corrected chi connectivity index (χ0v) is 12.0. The molecule has 2 nitrogen and oxygen atoms in total. The first kappa shape index (κ1) is 12.5. The molecule has 2 saturated carbocycles. The predicted octanol–water partition coefficient (Wildman–Crippen LogP) is 3.53. The van der Waals surface area contributed by atoms with Gasteiger partial charge in [0.1, 0.15) is 5.75 Å². The Bertz CT molecular complexity index is 589. The normalized spacial score (nSPS) is 38.7. The predicted molar refractivity (Wildman–Crippen MR) is 78.7 cm³/mol. The Balaban J connectivity index is 1.76. The molecule has 0 amide bonds. The van der Waals surface area contributed by atoms with Crippen LogP contribution in [0.15, 0.2) is 29.8 Å². The van der Waals surface area contributed by atoms with Gasteiger partial charge in [0.15, 0.2) is 0 Å². The van der Waals surface area contributed by atoms with Crippen molar-refractivity contribution in [3.8, 4) is 5.75 Å². The second kappa shape index (κ2) is 4.11. The van der Waals surface area contributed by atoms with E-state index in [9.17, 15) is 10.2 Å². The number of allylic oxidation sites excluding steroid dienone is 2. The summed E-state index contributed by atoms with van der Waals surface area (Å²) in [5, 5.41) is 20.0. The monoisotopic (exact) mass is 270 g/mol. The van der Waals surface area contributed by atoms with Crippen LogP contribution in [0, 0.1) is 11.3 Å². The molecule has 3 aliphatic rings. The molecular weight excluding hydrogens is 248 g/mol. The van der Waals surface area contributed by atoms with E-state index >= 15 is 0 Å². The third kappa shape index (κ3) is 1.54. The number of rotatable bonds is 0. The topological polar surface area (TPSA) is 40.5 Å². The van der Waals surface area contributed by atoms with Gasteiger partial charge in [0, 0.05) is 11.3 Å². The molecule has 0 heterocycles. The van der Waals surface area contributed by atoms with E-state index in [-0.39, 0.29) is 11.5 Å². The van der Waals surface area contributed by atoms with E-state index in [1.807, 2.05) is 12.1 Å². The minimum atomic E-state index is -0.129. The molecule has 2 heteroatoms. The van der Waals surface area contributed by atoms with Gasteiger partial charge in [-0.05, 0) is 61.3 Å². The molecule has 0 aliphatic heterocycles. The lowest BCUT2D eigenvalue weighted by atomic mass is 9.59. The Hall–Kier alpha value is -1.28. The average molecular weight is 270 g/mol. The van der Waals surface area contributed by atoms with Gasteiger partial charge in [-0.15, -0.1) is 0 Å². The van der Waals surface area contributed by atoms with E-state index in [0.717, 1.165) is 32.1 Å². The second-order valence-corrected chi connectivity index (χ2v) is 7.03. The van der Waals surface area contributed by atoms with Crippen LogP contribution in [0.2, 0.25) is 0 Å². The minimum Gasteiger partial charge on any atom is -0.508 e. The van der Waals surface area contributed by atoms with Crippen molar-refractivity contribution >= 4 is 0 Å². The maximum atomic E-state index is 10.3. The Morgan fingerprint density at radius 1 is 1.20 bits per heavy atom. The first-order chi connectivity index (χ1) is 9.59. The molecule has 2 N–H and O–H groups in total. The smallest absolute Gasteiger partial charge is 0.115 e. The largest absolute Gasteiger partial charge is 0.508 e. The number of phenolic OH excluding ortho intramolecular Hbond substituents is 1. The molecule has 0 aromatic heterocycles. The maximum Gasteiger partial charge on any atom is 0.115 e. The third-order valence-corrected chi connectivity index (χ3v) is 6.12. The molecule has 2 fully saturated rings. The molecule has 0 unspecified atom stereocenters. The average Bonchev–Trinajstić information content (AvgIpc) is 2.74. The van der Waals surface area contributed by atoms with E-state index in [1.54, 1.807) is 5.57 Å². The van der Waals surface area contributed by atoms with Gasteiger partial charge >= 0.3 is 0 Å². The van der Waals surface area contributed by atoms with Crippen molar-refractivity contribution in [2.45, 2.75) is 51.0 Å². The molecule has 0 radical (unpaired) electrons. The van der Waals surface area contributed by atoms with Crippen molar-refractivity contribution in [3.63, 3.8) is 0 Å². The van der Waals surface area contributed by atoms with Crippen molar-refractivity contribution in [3.05, 3.63) is 41.0 Å². The van der Waals surface area contributed by atoms with E-state index in [1.165, 1.54) is 11.1 Å². The van der Waals surface area contributed by atoms with Crippen LogP contribution >= 0.6 is 0 Å². The van der Waals surface area contributed by atoms with Gasteiger partial charge in [-0.2, -0.15) is 0 Å². The van der Waals surface area contributed by atoms with Crippen LogP contribution in [0.4, 0.5) is 0 Å². The van der Waals surface area contributed by atoms with Crippen molar-refractivity contribution in [1.82, 2.24) is 0 Å². The fraction of sp³-hybridized carbons (Fsp3) is 0.556. The molecule has 106 valence electrons. The fourth-order valence-corrected chi connectivity index (χ4v) is 4.93. The summed E-state index contributed by atoms with van der Waals surface area (Å²) in [4.78, 5) is 0. The summed E-state index contributed by atoms with van der Waals surface area (Å²) in [7, 11) is 0. The number of hydrogen-bond acceptors (Lipinski definition) is 2. The van der Waals surface area contributed by atoms with Crippen LogP contribution in [0.1, 0.15) is 49.7 Å². The lowest BCUT2D eigenvalue weighted by Crippen LogP contribution is -2.39. The zero-order chi connectivity index (χ0) is 13.9. The molecule has 3 aliphatic carbocycles. The Kier molecular flexibility index (Phi) is 2.56. The summed E-state index contributed by atoms with van der Waals surface area (Å²) < 4.78 is 0. The summed E-state index contributed by atoms with van der Waals surface area (Å²) in [5.74, 6) is 1.44. The Morgan fingerprint density at radius 2 is 2.05 bits per heavy atom. The van der Waals surface area contributed by atoms with Crippen molar-refractivity contribution in [2.75, 3.05) is 0 Å². The molecule has 1 aromatic rings. The van der Waals surface area contributed by atoms with Gasteiger partial charge in [0.05, 0.1) is 6.10 Å². The second-order valence-electron chi connectivity index (χ2n) is 7.03. The number of aliphatic hydroxyl groups excluding tert-OH is 1. The van der Waals surface area contributed by atoms with Gasteiger partial charge in [-0.25, -0.2) is 0 Å². The Labute approximate surface area is 120 Å². The van der Waals surface area contributed by atoms with Crippen LogP contribution in [-0.4, -0.2) is 16.3 Å². The van der Waals surface area contributed by atoms with Crippen LogP contribution in [0.5, 0.6) is 5.75 Å². The highest BCUT2D eigenvalue weighted by atomic mass is 16.3. The standard InChI is InChI=1S/C18H22O2/c1-18-9-8-14-13-5-3-12(19)10-11(13)2-4-15(14)16(18)6-7-17(18)20/h3-5,10,14,16-17,19-20H,2,6-9H2,1H3/t14-,16-,17-,18+/m0/s1. The third-order valence-electron chi connectivity index (χ3n) is 6.12. The summed E-state index contributed by atoms with van der Waals surface area (Å²) in [6.07, 6.45) is 7.51. The lowest BCUT2D eigenvalue weighted by molar-refractivity contribution is 0.0267. The highest BCUT2D eigenvalue weighted by Crippen LogP contribution is 2.59. The summed E-state index contributed by atoms with van der Waals surface area (Å²) in [6.45, 7) is 2.28. The van der Waals surface area contributed by atoms with E-state index in [2.05, 4.69) is 19.1 Å². The molecule has 4 atom stereocenters. The van der Waals surface area contributed by atoms with Gasteiger partial charge < -0.3 is 10.2 Å². The number of benzene rings is 1. The number of hydrogen-bond donors (Lipinski definition) is 2. The van der Waals surface area contributed by atoms with Crippen molar-refractivity contribution in [2.24, 2.45) is 11.3 Å². The quantitative estimate of drug-likeness (QED) is 0.708. The molecular formula is C18H22O2. The SMILES string of the molecule is C[C@@]12CC[C@@H]3C(=CCc4cc(O)ccc43)[C@@H]1CC[C@@H]2O. The molecule has 20 heavy (non-hydrogen) atoms. The highest BCUT2D eigenvalue weighted by molar-refractivity contribution is 5.47. The van der Waals surface area contributed by atoms with Crippen LogP contribution in [0.25, 0.3) is 0 Å². The van der Waals surface area contributed by atoms with Crippen molar-refractivity contribution in [1.29, 1.82) is 0 Å². The number of phenols is 1. The molecule has 0 spiro atoms. The molecule has 4 rings (SSSR count). The maximum absolute atomic E-state index is 10.3. The summed E-state index contributed by atoms with van der Waals surface area (Å²) >= 11 is 0. The first-order valence-electron chi connectivity index (χ1n) is 7.79. The molecule has 0 bridgehead atoms. The summed E-state index contributed by atoms with van der Waals surface area (Å²) in [6, 6.07) is 5.84. The summed E-state index contributed by atoms with van der Waals surface area (Å²) in [5.41, 5.74) is 4.34.